The van der Waals surface area contributed by atoms with Gasteiger partial charge in [0, 0.05) is 12.5 Å². The highest BCUT2D eigenvalue weighted by Gasteiger charge is 2.15. The van der Waals surface area contributed by atoms with Gasteiger partial charge in [-0.25, -0.2) is 0 Å². The molecule has 0 amide bonds. The number of methoxy groups -OCH3 is 1. The highest BCUT2D eigenvalue weighted by atomic mass is 16.5. The number of ether oxygens (including phenoxy) is 2. The first-order valence-corrected chi connectivity index (χ1v) is 6.17. The summed E-state index contributed by atoms with van der Waals surface area (Å²) >= 11 is 0. The van der Waals surface area contributed by atoms with E-state index in [1.165, 1.54) is 0 Å². The SMILES string of the molecule is C=CC[C@@H](OCc1ccc(OC)cc1)[C@H](C)CO. The average Bonchev–Trinajstić information content (AvgIpc) is 2.43. The molecule has 0 aliphatic heterocycles. The first kappa shape index (κ1) is 14.7. The molecule has 0 saturated heterocycles. The molecule has 1 rings (SSSR count). The molecule has 0 heterocycles. The minimum absolute atomic E-state index is 0.00889. The maximum Gasteiger partial charge on any atom is 0.118 e. The number of hydrogen-bond donors (Lipinski definition) is 1. The molecule has 2 atom stereocenters. The van der Waals surface area contributed by atoms with Crippen LogP contribution in [0.2, 0.25) is 0 Å². The zero-order chi connectivity index (χ0) is 13.4. The van der Waals surface area contributed by atoms with Crippen LogP contribution in [0, 0.1) is 5.92 Å². The lowest BCUT2D eigenvalue weighted by Gasteiger charge is -2.21. The molecule has 0 radical (unpaired) electrons. The van der Waals surface area contributed by atoms with Gasteiger partial charge in [-0.05, 0) is 24.1 Å². The Balaban J connectivity index is 2.52. The van der Waals surface area contributed by atoms with Gasteiger partial charge in [-0.2, -0.15) is 0 Å². The maximum atomic E-state index is 9.17. The first-order valence-electron chi connectivity index (χ1n) is 6.17. The van der Waals surface area contributed by atoms with Gasteiger partial charge in [0.1, 0.15) is 5.75 Å². The van der Waals surface area contributed by atoms with Gasteiger partial charge < -0.3 is 14.6 Å². The Kier molecular flexibility index (Phi) is 6.47. The van der Waals surface area contributed by atoms with Crippen LogP contribution in [-0.4, -0.2) is 24.9 Å². The minimum atomic E-state index is 0.00889. The lowest BCUT2D eigenvalue weighted by atomic mass is 10.0. The van der Waals surface area contributed by atoms with Crippen molar-refractivity contribution in [3.8, 4) is 5.75 Å². The van der Waals surface area contributed by atoms with Crippen molar-refractivity contribution in [1.82, 2.24) is 0 Å². The van der Waals surface area contributed by atoms with E-state index in [1.54, 1.807) is 7.11 Å². The summed E-state index contributed by atoms with van der Waals surface area (Å²) in [6.45, 7) is 6.35. The Labute approximate surface area is 109 Å². The molecule has 0 spiro atoms. The van der Waals surface area contributed by atoms with Crippen LogP contribution in [0.15, 0.2) is 36.9 Å². The van der Waals surface area contributed by atoms with E-state index in [0.717, 1.165) is 17.7 Å². The van der Waals surface area contributed by atoms with Crippen LogP contribution in [-0.2, 0) is 11.3 Å². The molecule has 18 heavy (non-hydrogen) atoms. The van der Waals surface area contributed by atoms with Crippen LogP contribution < -0.4 is 4.74 Å². The van der Waals surface area contributed by atoms with Crippen molar-refractivity contribution < 1.29 is 14.6 Å². The van der Waals surface area contributed by atoms with Crippen LogP contribution in [0.5, 0.6) is 5.75 Å². The monoisotopic (exact) mass is 250 g/mol. The van der Waals surface area contributed by atoms with Crippen LogP contribution >= 0.6 is 0 Å². The van der Waals surface area contributed by atoms with E-state index < -0.39 is 0 Å². The minimum Gasteiger partial charge on any atom is -0.497 e. The second-order valence-corrected chi connectivity index (χ2v) is 4.38. The van der Waals surface area contributed by atoms with Crippen LogP contribution in [0.25, 0.3) is 0 Å². The summed E-state index contributed by atoms with van der Waals surface area (Å²) in [5.41, 5.74) is 1.09. The van der Waals surface area contributed by atoms with E-state index in [-0.39, 0.29) is 18.6 Å². The summed E-state index contributed by atoms with van der Waals surface area (Å²) < 4.78 is 10.9. The summed E-state index contributed by atoms with van der Waals surface area (Å²) in [7, 11) is 1.65. The van der Waals surface area contributed by atoms with Gasteiger partial charge in [0.25, 0.3) is 0 Å². The van der Waals surface area contributed by atoms with Gasteiger partial charge in [0.2, 0.25) is 0 Å². The zero-order valence-electron chi connectivity index (χ0n) is 11.1. The van der Waals surface area contributed by atoms with Crippen molar-refractivity contribution in [1.29, 1.82) is 0 Å². The summed E-state index contributed by atoms with van der Waals surface area (Å²) in [4.78, 5) is 0. The Morgan fingerprint density at radius 1 is 1.33 bits per heavy atom. The summed E-state index contributed by atoms with van der Waals surface area (Å²) in [6.07, 6.45) is 2.58. The lowest BCUT2D eigenvalue weighted by Crippen LogP contribution is -2.24. The van der Waals surface area contributed by atoms with Gasteiger partial charge in [-0.1, -0.05) is 25.1 Å². The number of hydrogen-bond acceptors (Lipinski definition) is 3. The van der Waals surface area contributed by atoms with Crippen molar-refractivity contribution in [3.63, 3.8) is 0 Å². The third kappa shape index (κ3) is 4.51. The predicted molar refractivity (Wildman–Crippen MR) is 72.6 cm³/mol. The van der Waals surface area contributed by atoms with E-state index in [1.807, 2.05) is 37.3 Å². The van der Waals surface area contributed by atoms with Crippen molar-refractivity contribution in [3.05, 3.63) is 42.5 Å². The van der Waals surface area contributed by atoms with E-state index in [9.17, 15) is 0 Å². The van der Waals surface area contributed by atoms with E-state index in [2.05, 4.69) is 6.58 Å². The van der Waals surface area contributed by atoms with Gasteiger partial charge >= 0.3 is 0 Å². The number of aliphatic hydroxyl groups is 1. The lowest BCUT2D eigenvalue weighted by molar-refractivity contribution is -0.00827. The van der Waals surface area contributed by atoms with E-state index in [4.69, 9.17) is 14.6 Å². The van der Waals surface area contributed by atoms with Gasteiger partial charge in [0.05, 0.1) is 19.8 Å². The van der Waals surface area contributed by atoms with Crippen molar-refractivity contribution >= 4 is 0 Å². The molecule has 1 aromatic carbocycles. The number of aliphatic hydroxyl groups excluding tert-OH is 1. The normalized spacial score (nSPS) is 13.9. The van der Waals surface area contributed by atoms with Gasteiger partial charge in [0.15, 0.2) is 0 Å². The number of rotatable bonds is 8. The Morgan fingerprint density at radius 2 is 2.00 bits per heavy atom. The van der Waals surface area contributed by atoms with Crippen LogP contribution in [0.1, 0.15) is 18.9 Å². The van der Waals surface area contributed by atoms with Crippen molar-refractivity contribution in [2.45, 2.75) is 26.1 Å². The second-order valence-electron chi connectivity index (χ2n) is 4.38. The average molecular weight is 250 g/mol. The van der Waals surface area contributed by atoms with Crippen molar-refractivity contribution in [2.24, 2.45) is 5.92 Å². The molecule has 0 aliphatic carbocycles. The quantitative estimate of drug-likeness (QED) is 0.721. The fourth-order valence-corrected chi connectivity index (χ4v) is 1.67. The molecule has 0 aliphatic rings. The molecule has 0 saturated carbocycles. The highest BCUT2D eigenvalue weighted by Crippen LogP contribution is 2.16. The molecular formula is C15H22O3. The smallest absolute Gasteiger partial charge is 0.118 e. The molecule has 3 nitrogen and oxygen atoms in total. The second kappa shape index (κ2) is 7.90. The summed E-state index contributed by atoms with van der Waals surface area (Å²) in [5, 5.41) is 9.17. The zero-order valence-corrected chi connectivity index (χ0v) is 11.1. The van der Waals surface area contributed by atoms with Crippen LogP contribution in [0.3, 0.4) is 0 Å². The fourth-order valence-electron chi connectivity index (χ4n) is 1.67. The highest BCUT2D eigenvalue weighted by molar-refractivity contribution is 5.26. The summed E-state index contributed by atoms with van der Waals surface area (Å²) in [5.74, 6) is 0.950. The molecule has 0 unspecified atom stereocenters. The summed E-state index contributed by atoms with van der Waals surface area (Å²) in [6, 6.07) is 7.79. The first-order chi connectivity index (χ1) is 8.71. The van der Waals surface area contributed by atoms with E-state index in [0.29, 0.717) is 6.61 Å². The maximum absolute atomic E-state index is 9.17. The molecular weight excluding hydrogens is 228 g/mol. The molecule has 0 fully saturated rings. The standard InChI is InChI=1S/C15H22O3/c1-4-5-15(12(2)10-16)18-11-13-6-8-14(17-3)9-7-13/h4,6-9,12,15-16H,1,5,10-11H2,2-3H3/t12-,15-/m1/s1. The third-order valence-corrected chi connectivity index (χ3v) is 2.94. The number of benzene rings is 1. The van der Waals surface area contributed by atoms with Crippen molar-refractivity contribution in [2.75, 3.05) is 13.7 Å². The fraction of sp³-hybridized carbons (Fsp3) is 0.467. The predicted octanol–water partition coefficient (Wildman–Crippen LogP) is 2.78. The van der Waals surface area contributed by atoms with Gasteiger partial charge in [-0.3, -0.25) is 0 Å². The molecule has 100 valence electrons. The van der Waals surface area contributed by atoms with E-state index >= 15 is 0 Å². The Hall–Kier alpha value is -1.32. The molecule has 1 N–H and O–H groups in total. The Bertz CT molecular complexity index is 345. The molecule has 1 aromatic rings. The topological polar surface area (TPSA) is 38.7 Å². The third-order valence-electron chi connectivity index (χ3n) is 2.94. The largest absolute Gasteiger partial charge is 0.497 e. The van der Waals surface area contributed by atoms with Crippen LogP contribution in [0.4, 0.5) is 0 Å². The molecule has 3 heteroatoms. The molecule has 0 bridgehead atoms. The van der Waals surface area contributed by atoms with Gasteiger partial charge in [-0.15, -0.1) is 6.58 Å². The Morgan fingerprint density at radius 3 is 2.50 bits per heavy atom. The molecule has 0 aromatic heterocycles.